The number of methoxy groups -OCH3 is 1. The molecule has 3 atom stereocenters. The van der Waals surface area contributed by atoms with Crippen LogP contribution in [-0.4, -0.2) is 38.7 Å². The number of hydrogen-bond acceptors (Lipinski definition) is 6. The number of nitrogens with one attached hydrogen (secondary N) is 1. The van der Waals surface area contributed by atoms with Crippen LogP contribution in [0.5, 0.6) is 5.75 Å². The van der Waals surface area contributed by atoms with Crippen LogP contribution in [-0.2, 0) is 26.2 Å². The fraction of sp³-hybridized carbons (Fsp3) is 0.333. The number of aryl methyl sites for hydroxylation is 1. The van der Waals surface area contributed by atoms with Gasteiger partial charge in [0, 0.05) is 16.6 Å². The lowest BCUT2D eigenvalue weighted by Gasteiger charge is -2.15. The second kappa shape index (κ2) is 9.44. The van der Waals surface area contributed by atoms with Crippen molar-refractivity contribution in [3.8, 4) is 5.75 Å². The first-order chi connectivity index (χ1) is 15.8. The number of alkyl halides is 1. The van der Waals surface area contributed by atoms with Gasteiger partial charge < -0.3 is 9.47 Å². The molecule has 0 saturated heterocycles. The first kappa shape index (κ1) is 23.1. The summed E-state index contributed by atoms with van der Waals surface area (Å²) < 4.78 is 52.6. The van der Waals surface area contributed by atoms with Crippen molar-refractivity contribution in [2.45, 2.75) is 43.5 Å². The monoisotopic (exact) mass is 472 g/mol. The second-order valence-electron chi connectivity index (χ2n) is 8.14. The molecule has 0 radical (unpaired) electrons. The van der Waals surface area contributed by atoms with Crippen LogP contribution < -0.4 is 9.46 Å². The van der Waals surface area contributed by atoms with Gasteiger partial charge in [0.2, 0.25) is 10.0 Å². The molecule has 3 unspecified atom stereocenters. The number of ether oxygens (including phenoxy) is 2. The molecule has 174 valence electrons. The van der Waals surface area contributed by atoms with E-state index in [-0.39, 0.29) is 17.7 Å². The van der Waals surface area contributed by atoms with Crippen molar-refractivity contribution in [2.24, 2.45) is 5.92 Å². The molecule has 0 aliphatic heterocycles. The van der Waals surface area contributed by atoms with Gasteiger partial charge in [0.05, 0.1) is 29.5 Å². The lowest BCUT2D eigenvalue weighted by Crippen LogP contribution is -2.38. The van der Waals surface area contributed by atoms with Crippen LogP contribution in [0.25, 0.3) is 10.9 Å². The standard InChI is InChI=1S/C24H25FN2O5S/c1-15-11-17(20-5-3-4-6-22(20)26-15)14-32-18-7-9-19(10-8-18)33(29,30)27-23-13-16(12-21(23)25)24(28)31-2/h3-11,16,21,23,27H,12-14H2,1-2H3. The van der Waals surface area contributed by atoms with E-state index in [1.165, 1.54) is 19.2 Å². The van der Waals surface area contributed by atoms with Gasteiger partial charge in [-0.25, -0.2) is 17.5 Å². The van der Waals surface area contributed by atoms with Gasteiger partial charge in [0.25, 0.3) is 0 Å². The molecule has 3 aromatic rings. The summed E-state index contributed by atoms with van der Waals surface area (Å²) in [5.41, 5.74) is 2.75. The van der Waals surface area contributed by atoms with Crippen LogP contribution in [0.15, 0.2) is 59.5 Å². The lowest BCUT2D eigenvalue weighted by atomic mass is 10.1. The number of carbonyl (C=O) groups excluding carboxylic acids is 1. The van der Waals surface area contributed by atoms with Crippen LogP contribution >= 0.6 is 0 Å². The topological polar surface area (TPSA) is 94.6 Å². The van der Waals surface area contributed by atoms with Gasteiger partial charge in [-0.3, -0.25) is 9.78 Å². The zero-order chi connectivity index (χ0) is 23.6. The molecule has 4 rings (SSSR count). The molecular weight excluding hydrogens is 447 g/mol. The SMILES string of the molecule is COC(=O)C1CC(F)C(NS(=O)(=O)c2ccc(OCc3cc(C)nc4ccccc34)cc2)C1. The quantitative estimate of drug-likeness (QED) is 0.527. The lowest BCUT2D eigenvalue weighted by molar-refractivity contribution is -0.145. The maximum absolute atomic E-state index is 14.3. The number of aromatic nitrogens is 1. The Morgan fingerprint density at radius 2 is 1.88 bits per heavy atom. The molecule has 0 spiro atoms. The molecule has 1 aromatic heterocycles. The van der Waals surface area contributed by atoms with Crippen molar-refractivity contribution >= 4 is 26.9 Å². The van der Waals surface area contributed by atoms with Crippen LogP contribution in [0.1, 0.15) is 24.1 Å². The predicted molar refractivity (Wildman–Crippen MR) is 121 cm³/mol. The van der Waals surface area contributed by atoms with Gasteiger partial charge in [0.1, 0.15) is 18.5 Å². The number of pyridine rings is 1. The van der Waals surface area contributed by atoms with Crippen LogP contribution in [0.4, 0.5) is 4.39 Å². The van der Waals surface area contributed by atoms with Gasteiger partial charge in [-0.05, 0) is 56.2 Å². The van der Waals surface area contributed by atoms with Gasteiger partial charge in [-0.1, -0.05) is 18.2 Å². The van der Waals surface area contributed by atoms with Crippen molar-refractivity contribution in [2.75, 3.05) is 7.11 Å². The Balaban J connectivity index is 1.43. The highest BCUT2D eigenvalue weighted by atomic mass is 32.2. The number of para-hydroxylation sites is 1. The molecule has 1 fully saturated rings. The molecule has 1 heterocycles. The van der Waals surface area contributed by atoms with E-state index < -0.39 is 34.1 Å². The van der Waals surface area contributed by atoms with E-state index in [2.05, 4.69) is 14.4 Å². The molecule has 2 aromatic carbocycles. The van der Waals surface area contributed by atoms with E-state index in [4.69, 9.17) is 4.74 Å². The molecule has 1 aliphatic rings. The Bertz CT molecular complexity index is 1260. The fourth-order valence-corrected chi connectivity index (χ4v) is 5.40. The normalized spacial score (nSPS) is 20.6. The summed E-state index contributed by atoms with van der Waals surface area (Å²) in [5, 5.41) is 0.995. The van der Waals surface area contributed by atoms with E-state index in [0.717, 1.165) is 22.2 Å². The van der Waals surface area contributed by atoms with Crippen LogP contribution in [0.2, 0.25) is 0 Å². The van der Waals surface area contributed by atoms with Gasteiger partial charge >= 0.3 is 5.97 Å². The summed E-state index contributed by atoms with van der Waals surface area (Å²) in [6.45, 7) is 2.22. The maximum atomic E-state index is 14.3. The average Bonchev–Trinajstić information content (AvgIpc) is 3.16. The summed E-state index contributed by atoms with van der Waals surface area (Å²) in [6, 6.07) is 14.7. The molecule has 9 heteroatoms. The zero-order valence-corrected chi connectivity index (χ0v) is 19.1. The number of esters is 1. The van der Waals surface area contributed by atoms with E-state index in [1.54, 1.807) is 12.1 Å². The predicted octanol–water partition coefficient (Wildman–Crippen LogP) is 3.69. The number of rotatable bonds is 7. The van der Waals surface area contributed by atoms with E-state index >= 15 is 0 Å². The highest BCUT2D eigenvalue weighted by Gasteiger charge is 2.40. The molecule has 1 saturated carbocycles. The van der Waals surface area contributed by atoms with E-state index in [1.807, 2.05) is 37.3 Å². The Morgan fingerprint density at radius 1 is 1.15 bits per heavy atom. The molecule has 0 bridgehead atoms. The molecule has 1 aliphatic carbocycles. The molecule has 33 heavy (non-hydrogen) atoms. The van der Waals surface area contributed by atoms with Crippen molar-refractivity contribution in [3.63, 3.8) is 0 Å². The number of carbonyl (C=O) groups is 1. The Morgan fingerprint density at radius 3 is 2.61 bits per heavy atom. The third-order valence-corrected chi connectivity index (χ3v) is 7.29. The molecule has 7 nitrogen and oxygen atoms in total. The minimum Gasteiger partial charge on any atom is -0.489 e. The van der Waals surface area contributed by atoms with Crippen molar-refractivity contribution in [3.05, 3.63) is 65.9 Å². The number of benzene rings is 2. The van der Waals surface area contributed by atoms with E-state index in [0.29, 0.717) is 12.4 Å². The van der Waals surface area contributed by atoms with Crippen molar-refractivity contribution in [1.29, 1.82) is 0 Å². The van der Waals surface area contributed by atoms with Gasteiger partial charge in [-0.2, -0.15) is 0 Å². The Kier molecular flexibility index (Phi) is 6.62. The second-order valence-corrected chi connectivity index (χ2v) is 9.85. The van der Waals surface area contributed by atoms with E-state index in [9.17, 15) is 17.6 Å². The summed E-state index contributed by atoms with van der Waals surface area (Å²) in [6.07, 6.45) is -1.45. The fourth-order valence-electron chi connectivity index (χ4n) is 4.13. The molecule has 1 N–H and O–H groups in total. The third kappa shape index (κ3) is 5.15. The van der Waals surface area contributed by atoms with Crippen molar-refractivity contribution < 1.29 is 27.1 Å². The first-order valence-corrected chi connectivity index (χ1v) is 12.1. The summed E-state index contributed by atoms with van der Waals surface area (Å²) in [5.74, 6) is -0.679. The summed E-state index contributed by atoms with van der Waals surface area (Å²) >= 11 is 0. The number of sulfonamides is 1. The number of nitrogens with zero attached hydrogens (tertiary/aromatic N) is 1. The van der Waals surface area contributed by atoms with Gasteiger partial charge in [-0.15, -0.1) is 0 Å². The highest BCUT2D eigenvalue weighted by Crippen LogP contribution is 2.31. The largest absolute Gasteiger partial charge is 0.489 e. The molecule has 0 amide bonds. The average molecular weight is 473 g/mol. The minimum absolute atomic E-state index is 0.00577. The van der Waals surface area contributed by atoms with Crippen molar-refractivity contribution in [1.82, 2.24) is 9.71 Å². The molecular formula is C24H25FN2O5S. The highest BCUT2D eigenvalue weighted by molar-refractivity contribution is 7.89. The minimum atomic E-state index is -3.96. The number of hydrogen-bond donors (Lipinski definition) is 1. The first-order valence-electron chi connectivity index (χ1n) is 10.6. The Labute approximate surface area is 192 Å². The summed E-state index contributed by atoms with van der Waals surface area (Å²) in [4.78, 5) is 16.2. The maximum Gasteiger partial charge on any atom is 0.308 e. The third-order valence-electron chi connectivity index (χ3n) is 5.78. The van der Waals surface area contributed by atoms with Gasteiger partial charge in [0.15, 0.2) is 0 Å². The smallest absolute Gasteiger partial charge is 0.308 e. The Hall–Kier alpha value is -3.04. The number of halogens is 1. The zero-order valence-electron chi connectivity index (χ0n) is 18.3. The number of fused-ring (bicyclic) bond motifs is 1. The summed E-state index contributed by atoms with van der Waals surface area (Å²) in [7, 11) is -2.73. The van der Waals surface area contributed by atoms with Crippen LogP contribution in [0.3, 0.4) is 0 Å². The van der Waals surface area contributed by atoms with Crippen LogP contribution in [0, 0.1) is 12.8 Å².